The average Bonchev–Trinajstić information content (AvgIpc) is 2.89. The Balaban J connectivity index is 0.00000220. The molecule has 2 N–H and O–H groups in total. The molecule has 2 heterocycles. The van der Waals surface area contributed by atoms with E-state index >= 15 is 0 Å². The fraction of sp³-hybridized carbons (Fsp3) is 0.500. The molecule has 1 unspecified atom stereocenters. The quantitative estimate of drug-likeness (QED) is 0.881. The first-order chi connectivity index (χ1) is 9.44. The van der Waals surface area contributed by atoms with Gasteiger partial charge in [0, 0.05) is 24.8 Å². The molecule has 1 fully saturated rings. The number of carbonyl (C=O) groups is 1. The van der Waals surface area contributed by atoms with Crippen LogP contribution < -0.4 is 15.4 Å². The minimum absolute atomic E-state index is 0. The summed E-state index contributed by atoms with van der Waals surface area (Å²) in [5, 5.41) is 5.92. The highest BCUT2D eigenvalue weighted by atomic mass is 35.5. The molecule has 1 saturated heterocycles. The number of hydrogen-bond donors (Lipinski definition) is 2. The number of rotatable bonds is 4. The molecule has 1 aromatic rings. The normalized spacial score (nSPS) is 18.0. The Labute approximate surface area is 125 Å². The van der Waals surface area contributed by atoms with Crippen LogP contribution in [0.15, 0.2) is 18.3 Å². The van der Waals surface area contributed by atoms with Gasteiger partial charge in [-0.15, -0.1) is 12.4 Å². The molecule has 1 aliphatic rings. The van der Waals surface area contributed by atoms with Crippen LogP contribution in [0.5, 0.6) is 5.88 Å². The van der Waals surface area contributed by atoms with Crippen LogP contribution in [0.1, 0.15) is 16.8 Å². The molecule has 0 spiro atoms. The third-order valence-electron chi connectivity index (χ3n) is 2.78. The summed E-state index contributed by atoms with van der Waals surface area (Å²) < 4.78 is 40.3. The maximum Gasteiger partial charge on any atom is 0.422 e. The van der Waals surface area contributed by atoms with E-state index in [1.807, 2.05) is 0 Å². The Morgan fingerprint density at radius 1 is 1.48 bits per heavy atom. The van der Waals surface area contributed by atoms with Gasteiger partial charge in [-0.25, -0.2) is 4.98 Å². The number of aromatic nitrogens is 1. The zero-order chi connectivity index (χ0) is 14.6. The van der Waals surface area contributed by atoms with E-state index < -0.39 is 12.8 Å². The van der Waals surface area contributed by atoms with Gasteiger partial charge in [0.2, 0.25) is 5.88 Å². The van der Waals surface area contributed by atoms with E-state index in [2.05, 4.69) is 20.4 Å². The summed E-state index contributed by atoms with van der Waals surface area (Å²) >= 11 is 0. The fourth-order valence-corrected chi connectivity index (χ4v) is 1.80. The van der Waals surface area contributed by atoms with Crippen LogP contribution in [0.25, 0.3) is 0 Å². The van der Waals surface area contributed by atoms with E-state index in [0.29, 0.717) is 6.54 Å². The molecule has 1 aromatic heterocycles. The fourth-order valence-electron chi connectivity index (χ4n) is 1.80. The van der Waals surface area contributed by atoms with E-state index in [4.69, 9.17) is 0 Å². The largest absolute Gasteiger partial charge is 0.468 e. The van der Waals surface area contributed by atoms with E-state index in [9.17, 15) is 18.0 Å². The summed E-state index contributed by atoms with van der Waals surface area (Å²) in [6.45, 7) is 0.165. The highest BCUT2D eigenvalue weighted by molar-refractivity contribution is 5.94. The number of ether oxygens (including phenoxy) is 1. The second-order valence-corrected chi connectivity index (χ2v) is 4.45. The molecule has 0 saturated carbocycles. The van der Waals surface area contributed by atoms with Crippen molar-refractivity contribution in [3.05, 3.63) is 23.9 Å². The Bertz CT molecular complexity index is 462. The van der Waals surface area contributed by atoms with Crippen LogP contribution in [0.4, 0.5) is 13.2 Å². The first-order valence-corrected chi connectivity index (χ1v) is 6.11. The zero-order valence-electron chi connectivity index (χ0n) is 10.9. The predicted molar refractivity (Wildman–Crippen MR) is 71.8 cm³/mol. The molecular formula is C12H15ClF3N3O2. The molecule has 0 radical (unpaired) electrons. The van der Waals surface area contributed by atoms with Gasteiger partial charge in [0.05, 0.1) is 5.56 Å². The molecule has 118 valence electrons. The third-order valence-corrected chi connectivity index (χ3v) is 2.78. The highest BCUT2D eigenvalue weighted by Gasteiger charge is 2.28. The number of nitrogens with zero attached hydrogens (tertiary/aromatic N) is 1. The van der Waals surface area contributed by atoms with E-state index in [0.717, 1.165) is 13.0 Å². The maximum absolute atomic E-state index is 12.0. The van der Waals surface area contributed by atoms with Gasteiger partial charge in [-0.3, -0.25) is 4.79 Å². The van der Waals surface area contributed by atoms with Crippen molar-refractivity contribution in [2.24, 2.45) is 0 Å². The molecule has 0 aromatic carbocycles. The molecule has 1 aliphatic heterocycles. The summed E-state index contributed by atoms with van der Waals surface area (Å²) in [4.78, 5) is 15.5. The van der Waals surface area contributed by atoms with Crippen LogP contribution in [-0.4, -0.2) is 42.8 Å². The summed E-state index contributed by atoms with van der Waals surface area (Å²) in [5.74, 6) is -0.463. The van der Waals surface area contributed by atoms with Gasteiger partial charge in [-0.2, -0.15) is 13.2 Å². The Hall–Kier alpha value is -1.54. The lowest BCUT2D eigenvalue weighted by atomic mass is 10.2. The van der Waals surface area contributed by atoms with Crippen molar-refractivity contribution in [1.29, 1.82) is 0 Å². The van der Waals surface area contributed by atoms with Crippen molar-refractivity contribution in [3.8, 4) is 5.88 Å². The lowest BCUT2D eigenvalue weighted by molar-refractivity contribution is -0.154. The van der Waals surface area contributed by atoms with E-state index in [1.165, 1.54) is 18.3 Å². The van der Waals surface area contributed by atoms with Crippen molar-refractivity contribution < 1.29 is 22.7 Å². The molecule has 1 amide bonds. The number of carbonyl (C=O) groups excluding carboxylic acids is 1. The monoisotopic (exact) mass is 325 g/mol. The first kappa shape index (κ1) is 17.5. The third kappa shape index (κ3) is 5.76. The number of pyridine rings is 1. The predicted octanol–water partition coefficient (Wildman–Crippen LogP) is 1.54. The number of hydrogen-bond acceptors (Lipinski definition) is 4. The zero-order valence-corrected chi connectivity index (χ0v) is 11.8. The number of nitrogens with one attached hydrogen (secondary N) is 2. The number of halogens is 4. The Morgan fingerprint density at radius 3 is 2.76 bits per heavy atom. The number of alkyl halides is 3. The lowest BCUT2D eigenvalue weighted by Gasteiger charge is -2.11. The van der Waals surface area contributed by atoms with Crippen molar-refractivity contribution in [2.75, 3.05) is 19.7 Å². The molecule has 0 aliphatic carbocycles. The Kier molecular flexibility index (Phi) is 6.22. The molecule has 21 heavy (non-hydrogen) atoms. The minimum Gasteiger partial charge on any atom is -0.468 e. The van der Waals surface area contributed by atoms with E-state index in [1.54, 1.807) is 0 Å². The smallest absolute Gasteiger partial charge is 0.422 e. The van der Waals surface area contributed by atoms with E-state index in [-0.39, 0.29) is 35.8 Å². The number of amides is 1. The van der Waals surface area contributed by atoms with Gasteiger partial charge in [0.15, 0.2) is 6.61 Å². The second-order valence-electron chi connectivity index (χ2n) is 4.45. The Morgan fingerprint density at radius 2 is 2.24 bits per heavy atom. The standard InChI is InChI=1S/C12H14F3N3O2.ClH/c13-12(14,15)7-20-10-2-1-8(5-17-10)11(19)18-9-3-4-16-6-9;/h1-2,5,9,16H,3-4,6-7H2,(H,18,19);1H. The van der Waals surface area contributed by atoms with Crippen LogP contribution in [0, 0.1) is 0 Å². The van der Waals surface area contributed by atoms with Crippen LogP contribution >= 0.6 is 12.4 Å². The van der Waals surface area contributed by atoms with Gasteiger partial charge >= 0.3 is 6.18 Å². The van der Waals surface area contributed by atoms with Gasteiger partial charge < -0.3 is 15.4 Å². The second kappa shape index (κ2) is 7.46. The molecule has 9 heteroatoms. The molecule has 1 atom stereocenters. The lowest BCUT2D eigenvalue weighted by Crippen LogP contribution is -2.36. The van der Waals surface area contributed by atoms with Crippen LogP contribution in [-0.2, 0) is 0 Å². The first-order valence-electron chi connectivity index (χ1n) is 6.11. The SMILES string of the molecule is Cl.O=C(NC1CCNC1)c1ccc(OCC(F)(F)F)nc1. The summed E-state index contributed by atoms with van der Waals surface area (Å²) in [5.41, 5.74) is 0.288. The van der Waals surface area contributed by atoms with Gasteiger partial charge in [-0.1, -0.05) is 0 Å². The van der Waals surface area contributed by atoms with Gasteiger partial charge in [-0.05, 0) is 19.0 Å². The topological polar surface area (TPSA) is 63.2 Å². The van der Waals surface area contributed by atoms with Gasteiger partial charge in [0.1, 0.15) is 0 Å². The molecule has 2 rings (SSSR count). The van der Waals surface area contributed by atoms with Crippen molar-refractivity contribution in [2.45, 2.75) is 18.6 Å². The van der Waals surface area contributed by atoms with Crippen LogP contribution in [0.2, 0.25) is 0 Å². The maximum atomic E-state index is 12.0. The summed E-state index contributed by atoms with van der Waals surface area (Å²) in [6, 6.07) is 2.70. The molecule has 5 nitrogen and oxygen atoms in total. The van der Waals surface area contributed by atoms with Gasteiger partial charge in [0.25, 0.3) is 5.91 Å². The van der Waals surface area contributed by atoms with Crippen molar-refractivity contribution in [1.82, 2.24) is 15.6 Å². The summed E-state index contributed by atoms with van der Waals surface area (Å²) in [6.07, 6.45) is -2.36. The average molecular weight is 326 g/mol. The van der Waals surface area contributed by atoms with Crippen LogP contribution in [0.3, 0.4) is 0 Å². The summed E-state index contributed by atoms with van der Waals surface area (Å²) in [7, 11) is 0. The molecule has 0 bridgehead atoms. The highest BCUT2D eigenvalue weighted by Crippen LogP contribution is 2.17. The minimum atomic E-state index is -4.41. The van der Waals surface area contributed by atoms with Crippen molar-refractivity contribution >= 4 is 18.3 Å². The van der Waals surface area contributed by atoms with Crippen molar-refractivity contribution in [3.63, 3.8) is 0 Å². The molecular weight excluding hydrogens is 311 g/mol.